The van der Waals surface area contributed by atoms with Crippen molar-refractivity contribution in [3.63, 3.8) is 0 Å². The maximum Gasteiger partial charge on any atom is 0.305 e. The van der Waals surface area contributed by atoms with Crippen LogP contribution in [0.4, 0.5) is 4.39 Å². The molecule has 1 aromatic carbocycles. The predicted octanol–water partition coefficient (Wildman–Crippen LogP) is 2.96. The van der Waals surface area contributed by atoms with Crippen molar-refractivity contribution in [3.8, 4) is 5.75 Å². The smallest absolute Gasteiger partial charge is 0.305 e. The Hall–Kier alpha value is -3.02. The van der Waals surface area contributed by atoms with Crippen molar-refractivity contribution in [2.75, 3.05) is 13.7 Å². The lowest BCUT2D eigenvalue weighted by atomic mass is 10.2. The number of hydrogen-bond acceptors (Lipinski definition) is 5. The fraction of sp³-hybridized carbons (Fsp3) is 0.211. The minimum atomic E-state index is -0.429. The van der Waals surface area contributed by atoms with E-state index in [-0.39, 0.29) is 36.8 Å². The van der Waals surface area contributed by atoms with Crippen LogP contribution in [0.25, 0.3) is 0 Å². The predicted molar refractivity (Wildman–Crippen MR) is 90.6 cm³/mol. The number of carbonyl (C=O) groups excluding carboxylic acids is 3. The van der Waals surface area contributed by atoms with E-state index >= 15 is 0 Å². The van der Waals surface area contributed by atoms with E-state index in [4.69, 9.17) is 4.74 Å². The van der Waals surface area contributed by atoms with Gasteiger partial charge in [0.15, 0.2) is 18.2 Å². The van der Waals surface area contributed by atoms with Gasteiger partial charge in [-0.05, 0) is 36.4 Å². The first-order chi connectivity index (χ1) is 12.0. The first kappa shape index (κ1) is 20.0. The van der Waals surface area contributed by atoms with E-state index in [0.29, 0.717) is 5.75 Å². The van der Waals surface area contributed by atoms with Gasteiger partial charge in [0.25, 0.3) is 0 Å². The molecule has 0 aliphatic rings. The Balaban J connectivity index is 2.26. The Morgan fingerprint density at radius 1 is 0.920 bits per heavy atom. The van der Waals surface area contributed by atoms with Crippen molar-refractivity contribution >= 4 is 17.5 Å². The molecule has 0 bridgehead atoms. The number of halogens is 1. The Morgan fingerprint density at radius 2 is 1.52 bits per heavy atom. The van der Waals surface area contributed by atoms with Crippen LogP contribution in [0.1, 0.15) is 12.8 Å². The highest BCUT2D eigenvalue weighted by Gasteiger charge is 2.03. The van der Waals surface area contributed by atoms with Crippen LogP contribution >= 0.6 is 0 Å². The van der Waals surface area contributed by atoms with Crippen LogP contribution in [0.15, 0.2) is 60.7 Å². The number of ether oxygens (including phenoxy) is 2. The van der Waals surface area contributed by atoms with E-state index < -0.39 is 5.97 Å². The maximum atomic E-state index is 12.7. The summed E-state index contributed by atoms with van der Waals surface area (Å²) in [6.45, 7) is -0.155. The summed E-state index contributed by atoms with van der Waals surface area (Å²) in [6, 6.07) is 5.37. The molecule has 0 saturated heterocycles. The van der Waals surface area contributed by atoms with E-state index in [1.807, 2.05) is 0 Å². The first-order valence-electron chi connectivity index (χ1n) is 7.53. The number of ketones is 2. The molecule has 132 valence electrons. The van der Waals surface area contributed by atoms with Crippen molar-refractivity contribution in [3.05, 3.63) is 66.5 Å². The second-order valence-electron chi connectivity index (χ2n) is 4.85. The molecule has 5 nitrogen and oxygen atoms in total. The molecular formula is C19H19FO5. The van der Waals surface area contributed by atoms with Gasteiger partial charge in [-0.1, -0.05) is 24.3 Å². The molecule has 0 N–H and O–H groups in total. The molecule has 6 heteroatoms. The lowest BCUT2D eigenvalue weighted by molar-refractivity contribution is -0.141. The number of hydrogen-bond donors (Lipinski definition) is 0. The summed E-state index contributed by atoms with van der Waals surface area (Å²) in [4.78, 5) is 33.8. The lowest BCUT2D eigenvalue weighted by Crippen LogP contribution is -2.07. The summed E-state index contributed by atoms with van der Waals surface area (Å²) in [6.07, 6.45) is 9.00. The fourth-order valence-corrected chi connectivity index (χ4v) is 1.60. The average Bonchev–Trinajstić information content (AvgIpc) is 2.62. The van der Waals surface area contributed by atoms with Gasteiger partial charge in [0.1, 0.15) is 11.6 Å². The molecule has 0 amide bonds. The van der Waals surface area contributed by atoms with E-state index in [2.05, 4.69) is 4.74 Å². The monoisotopic (exact) mass is 346 g/mol. The standard InChI is InChI=1S/C19H19FO5/c1-24-19(23)13-10-16(21)6-4-2-3-5-7-17(22)14-25-18-11-8-15(20)9-12-18/h2-9,11-12H,10,13-14H2,1H3. The number of methoxy groups -OCH3 is 1. The van der Waals surface area contributed by atoms with E-state index in [0.717, 1.165) is 0 Å². The van der Waals surface area contributed by atoms with Gasteiger partial charge in [-0.2, -0.15) is 0 Å². The molecule has 0 radical (unpaired) electrons. The van der Waals surface area contributed by atoms with E-state index in [1.54, 1.807) is 12.2 Å². The van der Waals surface area contributed by atoms with Gasteiger partial charge in [-0.3, -0.25) is 14.4 Å². The van der Waals surface area contributed by atoms with Crippen LogP contribution in [-0.4, -0.2) is 31.3 Å². The molecule has 0 aromatic heterocycles. The Bertz CT molecular complexity index is 672. The van der Waals surface area contributed by atoms with Crippen LogP contribution in [0.5, 0.6) is 5.75 Å². The largest absolute Gasteiger partial charge is 0.485 e. The second kappa shape index (κ2) is 11.5. The fourth-order valence-electron chi connectivity index (χ4n) is 1.60. The van der Waals surface area contributed by atoms with E-state index in [1.165, 1.54) is 55.7 Å². The van der Waals surface area contributed by atoms with Crippen LogP contribution in [0, 0.1) is 5.82 Å². The molecule has 0 aliphatic heterocycles. The topological polar surface area (TPSA) is 69.7 Å². The van der Waals surface area contributed by atoms with Gasteiger partial charge in [0.2, 0.25) is 0 Å². The van der Waals surface area contributed by atoms with Gasteiger partial charge in [0, 0.05) is 6.42 Å². The number of benzene rings is 1. The van der Waals surface area contributed by atoms with Crippen molar-refractivity contribution in [1.82, 2.24) is 0 Å². The molecule has 0 unspecified atom stereocenters. The molecule has 1 aromatic rings. The average molecular weight is 346 g/mol. The lowest BCUT2D eigenvalue weighted by Gasteiger charge is -2.02. The third kappa shape index (κ3) is 9.65. The van der Waals surface area contributed by atoms with Gasteiger partial charge < -0.3 is 9.47 Å². The van der Waals surface area contributed by atoms with Crippen LogP contribution in [0.3, 0.4) is 0 Å². The van der Waals surface area contributed by atoms with Gasteiger partial charge in [0.05, 0.1) is 13.5 Å². The number of carbonyl (C=O) groups is 3. The highest BCUT2D eigenvalue weighted by molar-refractivity contribution is 5.92. The zero-order valence-corrected chi connectivity index (χ0v) is 13.8. The first-order valence-corrected chi connectivity index (χ1v) is 7.53. The van der Waals surface area contributed by atoms with Crippen molar-refractivity contribution in [2.24, 2.45) is 0 Å². The molecule has 0 atom stereocenters. The van der Waals surface area contributed by atoms with Crippen molar-refractivity contribution in [2.45, 2.75) is 12.8 Å². The van der Waals surface area contributed by atoms with Crippen LogP contribution < -0.4 is 4.74 Å². The molecule has 0 saturated carbocycles. The van der Waals surface area contributed by atoms with E-state index in [9.17, 15) is 18.8 Å². The molecule has 0 spiro atoms. The Kier molecular flexibility index (Phi) is 9.22. The number of allylic oxidation sites excluding steroid dienone is 5. The zero-order chi connectivity index (χ0) is 18.5. The number of rotatable bonds is 10. The van der Waals surface area contributed by atoms with Gasteiger partial charge in [-0.15, -0.1) is 0 Å². The normalized spacial score (nSPS) is 11.3. The Labute approximate surface area is 145 Å². The van der Waals surface area contributed by atoms with Crippen LogP contribution in [0.2, 0.25) is 0 Å². The summed E-state index contributed by atoms with van der Waals surface area (Å²) in [7, 11) is 1.27. The maximum absolute atomic E-state index is 12.7. The summed E-state index contributed by atoms with van der Waals surface area (Å²) in [5.74, 6) is -0.843. The highest BCUT2D eigenvalue weighted by atomic mass is 19.1. The second-order valence-corrected chi connectivity index (χ2v) is 4.85. The quantitative estimate of drug-likeness (QED) is 0.370. The highest BCUT2D eigenvalue weighted by Crippen LogP contribution is 2.10. The Morgan fingerprint density at radius 3 is 2.12 bits per heavy atom. The summed E-state index contributed by atoms with van der Waals surface area (Å²) in [5.41, 5.74) is 0. The molecular weight excluding hydrogens is 327 g/mol. The zero-order valence-electron chi connectivity index (χ0n) is 13.8. The van der Waals surface area contributed by atoms with Gasteiger partial charge >= 0.3 is 5.97 Å². The SMILES string of the molecule is COC(=O)CCC(=O)C=CC=CC=CC(=O)COc1ccc(F)cc1. The summed E-state index contributed by atoms with van der Waals surface area (Å²) < 4.78 is 22.3. The van der Waals surface area contributed by atoms with Crippen LogP contribution in [-0.2, 0) is 19.1 Å². The number of esters is 1. The minimum Gasteiger partial charge on any atom is -0.485 e. The molecule has 0 aliphatic carbocycles. The molecule has 1 rings (SSSR count). The summed E-state index contributed by atoms with van der Waals surface area (Å²) in [5, 5.41) is 0. The van der Waals surface area contributed by atoms with Crippen molar-refractivity contribution < 1.29 is 28.2 Å². The molecule has 25 heavy (non-hydrogen) atoms. The van der Waals surface area contributed by atoms with Gasteiger partial charge in [-0.25, -0.2) is 4.39 Å². The third-order valence-electron chi connectivity index (χ3n) is 2.90. The molecule has 0 heterocycles. The third-order valence-corrected chi connectivity index (χ3v) is 2.90. The summed E-state index contributed by atoms with van der Waals surface area (Å²) >= 11 is 0. The molecule has 0 fully saturated rings. The van der Waals surface area contributed by atoms with Crippen molar-refractivity contribution in [1.29, 1.82) is 0 Å². The minimum absolute atomic E-state index is 0.0475.